The maximum Gasteiger partial charge on any atom is 0.418 e. The Bertz CT molecular complexity index is 377. The summed E-state index contributed by atoms with van der Waals surface area (Å²) in [5.41, 5.74) is 4.15. The number of ether oxygens (including phenoxy) is 1. The highest BCUT2D eigenvalue weighted by molar-refractivity contribution is 5.51. The van der Waals surface area contributed by atoms with Crippen molar-refractivity contribution in [1.82, 2.24) is 0 Å². The molecule has 1 aromatic rings. The minimum absolute atomic E-state index is 0.201. The van der Waals surface area contributed by atoms with E-state index >= 15 is 0 Å². The van der Waals surface area contributed by atoms with Crippen LogP contribution in [0.2, 0.25) is 0 Å². The molecule has 5 heteroatoms. The standard InChI is InChI=1S/C12H16F3NO/c1-3-8(2)7-17-9-4-5-11(16)10(6-9)12(13,14)15/h4-6,8H,3,7,16H2,1-2H3. The molecule has 0 radical (unpaired) electrons. The third kappa shape index (κ3) is 3.84. The van der Waals surface area contributed by atoms with E-state index in [1.165, 1.54) is 12.1 Å². The van der Waals surface area contributed by atoms with Crippen LogP contribution in [0.3, 0.4) is 0 Å². The summed E-state index contributed by atoms with van der Waals surface area (Å²) in [6.07, 6.45) is -3.53. The smallest absolute Gasteiger partial charge is 0.418 e. The van der Waals surface area contributed by atoms with E-state index in [2.05, 4.69) is 0 Å². The minimum atomic E-state index is -4.44. The van der Waals surface area contributed by atoms with Crippen LogP contribution in [-0.4, -0.2) is 6.61 Å². The summed E-state index contributed by atoms with van der Waals surface area (Å²) < 4.78 is 43.0. The van der Waals surface area contributed by atoms with Crippen molar-refractivity contribution >= 4 is 5.69 Å². The molecule has 0 aliphatic rings. The highest BCUT2D eigenvalue weighted by Gasteiger charge is 2.33. The monoisotopic (exact) mass is 247 g/mol. The third-order valence-electron chi connectivity index (χ3n) is 2.56. The Morgan fingerprint density at radius 2 is 2.00 bits per heavy atom. The molecule has 96 valence electrons. The molecule has 0 saturated heterocycles. The van der Waals surface area contributed by atoms with Crippen LogP contribution >= 0.6 is 0 Å². The van der Waals surface area contributed by atoms with Gasteiger partial charge in [-0.2, -0.15) is 13.2 Å². The average Bonchev–Trinajstić information content (AvgIpc) is 2.26. The molecule has 0 heterocycles. The van der Waals surface area contributed by atoms with Gasteiger partial charge < -0.3 is 10.5 Å². The minimum Gasteiger partial charge on any atom is -0.493 e. The van der Waals surface area contributed by atoms with Crippen molar-refractivity contribution in [3.63, 3.8) is 0 Å². The predicted octanol–water partition coefficient (Wildman–Crippen LogP) is 3.71. The Labute approximate surface area is 98.6 Å². The lowest BCUT2D eigenvalue weighted by Gasteiger charge is -2.14. The number of benzene rings is 1. The van der Waals surface area contributed by atoms with E-state index in [1.807, 2.05) is 13.8 Å². The quantitative estimate of drug-likeness (QED) is 0.823. The van der Waals surface area contributed by atoms with E-state index in [4.69, 9.17) is 10.5 Å². The van der Waals surface area contributed by atoms with Gasteiger partial charge in [-0.3, -0.25) is 0 Å². The summed E-state index contributed by atoms with van der Waals surface area (Å²) in [7, 11) is 0. The van der Waals surface area contributed by atoms with Gasteiger partial charge >= 0.3 is 6.18 Å². The normalized spacial score (nSPS) is 13.5. The summed E-state index contributed by atoms with van der Waals surface area (Å²) in [6.45, 7) is 4.37. The van der Waals surface area contributed by atoms with Crippen LogP contribution in [0.1, 0.15) is 25.8 Å². The van der Waals surface area contributed by atoms with Crippen LogP contribution in [0, 0.1) is 5.92 Å². The van der Waals surface area contributed by atoms with E-state index in [9.17, 15) is 13.2 Å². The molecule has 0 aliphatic carbocycles. The maximum absolute atomic E-state index is 12.6. The van der Waals surface area contributed by atoms with E-state index in [0.29, 0.717) is 12.5 Å². The lowest BCUT2D eigenvalue weighted by molar-refractivity contribution is -0.137. The van der Waals surface area contributed by atoms with Crippen LogP contribution in [0.15, 0.2) is 18.2 Å². The maximum atomic E-state index is 12.6. The summed E-state index contributed by atoms with van der Waals surface area (Å²) in [5.74, 6) is 0.508. The Kier molecular flexibility index (Phi) is 4.26. The van der Waals surface area contributed by atoms with Gasteiger partial charge in [0.2, 0.25) is 0 Å². The Morgan fingerprint density at radius 1 is 1.35 bits per heavy atom. The van der Waals surface area contributed by atoms with E-state index in [-0.39, 0.29) is 11.4 Å². The van der Waals surface area contributed by atoms with E-state index in [0.717, 1.165) is 12.5 Å². The molecule has 0 saturated carbocycles. The second kappa shape index (κ2) is 5.29. The number of hydrogen-bond donors (Lipinski definition) is 1. The topological polar surface area (TPSA) is 35.2 Å². The fourth-order valence-electron chi connectivity index (χ4n) is 1.23. The molecule has 0 fully saturated rings. The Morgan fingerprint density at radius 3 is 2.53 bits per heavy atom. The SMILES string of the molecule is CCC(C)COc1ccc(N)c(C(F)(F)F)c1. The van der Waals surface area contributed by atoms with Crippen LogP contribution in [0.4, 0.5) is 18.9 Å². The first-order chi connectivity index (χ1) is 7.84. The van der Waals surface area contributed by atoms with Crippen LogP contribution in [0.25, 0.3) is 0 Å². The van der Waals surface area contributed by atoms with Gasteiger partial charge in [0.25, 0.3) is 0 Å². The molecule has 2 N–H and O–H groups in total. The molecule has 17 heavy (non-hydrogen) atoms. The van der Waals surface area contributed by atoms with Crippen molar-refractivity contribution in [2.45, 2.75) is 26.4 Å². The zero-order valence-corrected chi connectivity index (χ0v) is 9.84. The largest absolute Gasteiger partial charge is 0.493 e. The summed E-state index contributed by atoms with van der Waals surface area (Å²) in [4.78, 5) is 0. The van der Waals surface area contributed by atoms with Crippen molar-refractivity contribution in [1.29, 1.82) is 0 Å². The Hall–Kier alpha value is -1.39. The molecule has 1 rings (SSSR count). The van der Waals surface area contributed by atoms with Gasteiger partial charge in [-0.1, -0.05) is 20.3 Å². The molecule has 0 amide bonds. The first-order valence-electron chi connectivity index (χ1n) is 5.44. The molecule has 0 spiro atoms. The first-order valence-corrected chi connectivity index (χ1v) is 5.44. The van der Waals surface area contributed by atoms with Crippen molar-refractivity contribution < 1.29 is 17.9 Å². The van der Waals surface area contributed by atoms with Gasteiger partial charge in [0, 0.05) is 5.69 Å². The Balaban J connectivity index is 2.82. The van der Waals surface area contributed by atoms with Gasteiger partial charge in [-0.25, -0.2) is 0 Å². The van der Waals surface area contributed by atoms with Crippen LogP contribution in [0.5, 0.6) is 5.75 Å². The second-order valence-electron chi connectivity index (χ2n) is 4.07. The first kappa shape index (κ1) is 13.7. The number of anilines is 1. The summed E-state index contributed by atoms with van der Waals surface area (Å²) >= 11 is 0. The highest BCUT2D eigenvalue weighted by Crippen LogP contribution is 2.35. The number of nitrogen functional groups attached to an aromatic ring is 1. The van der Waals surface area contributed by atoms with Crippen LogP contribution < -0.4 is 10.5 Å². The number of hydrogen-bond acceptors (Lipinski definition) is 2. The molecular weight excluding hydrogens is 231 g/mol. The van der Waals surface area contributed by atoms with Crippen molar-refractivity contribution in [3.8, 4) is 5.75 Å². The predicted molar refractivity (Wildman–Crippen MR) is 60.8 cm³/mol. The third-order valence-corrected chi connectivity index (χ3v) is 2.56. The van der Waals surface area contributed by atoms with Gasteiger partial charge in [0.1, 0.15) is 5.75 Å². The molecule has 0 aromatic heterocycles. The number of rotatable bonds is 4. The summed E-state index contributed by atoms with van der Waals surface area (Å²) in [6, 6.07) is 3.61. The number of alkyl halides is 3. The van der Waals surface area contributed by atoms with Crippen molar-refractivity contribution in [2.24, 2.45) is 5.92 Å². The number of nitrogens with two attached hydrogens (primary N) is 1. The molecule has 2 nitrogen and oxygen atoms in total. The van der Waals surface area contributed by atoms with Gasteiger partial charge in [0.05, 0.1) is 12.2 Å². The van der Waals surface area contributed by atoms with E-state index < -0.39 is 11.7 Å². The molecule has 1 unspecified atom stereocenters. The van der Waals surface area contributed by atoms with Gasteiger partial charge in [0.15, 0.2) is 0 Å². The summed E-state index contributed by atoms with van der Waals surface area (Å²) in [5, 5.41) is 0. The zero-order valence-electron chi connectivity index (χ0n) is 9.84. The fraction of sp³-hybridized carbons (Fsp3) is 0.500. The lowest BCUT2D eigenvalue weighted by Crippen LogP contribution is -2.11. The van der Waals surface area contributed by atoms with Gasteiger partial charge in [-0.15, -0.1) is 0 Å². The average molecular weight is 247 g/mol. The molecule has 0 aliphatic heterocycles. The molecular formula is C12H16F3NO. The van der Waals surface area contributed by atoms with Crippen LogP contribution in [-0.2, 0) is 6.18 Å². The molecule has 1 aromatic carbocycles. The molecule has 1 atom stereocenters. The lowest BCUT2D eigenvalue weighted by atomic mass is 10.1. The van der Waals surface area contributed by atoms with Crippen molar-refractivity contribution in [3.05, 3.63) is 23.8 Å². The fourth-order valence-corrected chi connectivity index (χ4v) is 1.23. The highest BCUT2D eigenvalue weighted by atomic mass is 19.4. The molecule has 0 bridgehead atoms. The number of halogens is 3. The zero-order chi connectivity index (χ0) is 13.1. The second-order valence-corrected chi connectivity index (χ2v) is 4.07. The van der Waals surface area contributed by atoms with E-state index in [1.54, 1.807) is 0 Å². The van der Waals surface area contributed by atoms with Gasteiger partial charge in [-0.05, 0) is 24.1 Å². The van der Waals surface area contributed by atoms with Crippen molar-refractivity contribution in [2.75, 3.05) is 12.3 Å².